The lowest BCUT2D eigenvalue weighted by atomic mass is 10.0. The second-order valence-electron chi connectivity index (χ2n) is 5.23. The van der Waals surface area contributed by atoms with Gasteiger partial charge in [-0.15, -0.1) is 0 Å². The van der Waals surface area contributed by atoms with E-state index in [4.69, 9.17) is 16.2 Å². The predicted molar refractivity (Wildman–Crippen MR) is 79.5 cm³/mol. The van der Waals surface area contributed by atoms with E-state index >= 15 is 0 Å². The van der Waals surface area contributed by atoms with Crippen molar-refractivity contribution < 1.29 is 31.1 Å². The van der Waals surface area contributed by atoms with E-state index in [-0.39, 0.29) is 24.0 Å². The topological polar surface area (TPSA) is 61.3 Å². The minimum absolute atomic E-state index is 0.0690. The van der Waals surface area contributed by atoms with E-state index in [1.165, 1.54) is 12.1 Å². The van der Waals surface area contributed by atoms with Gasteiger partial charge in [-0.2, -0.15) is 26.3 Å². The lowest BCUT2D eigenvalue weighted by Gasteiger charge is -2.17. The summed E-state index contributed by atoms with van der Waals surface area (Å²) >= 11 is 0. The molecule has 0 atom stereocenters. The molecular formula is C16H14F6N2O. The first-order valence-electron chi connectivity index (χ1n) is 7.01. The van der Waals surface area contributed by atoms with Gasteiger partial charge in [-0.25, -0.2) is 0 Å². The van der Waals surface area contributed by atoms with Crippen LogP contribution >= 0.6 is 0 Å². The SMILES string of the molecule is NCc1ccc(OCc2ccc(C(F)(F)F)cc2C(F)(F)F)c(N)c1. The summed E-state index contributed by atoms with van der Waals surface area (Å²) in [5.74, 6) is 0.116. The first-order chi connectivity index (χ1) is 11.5. The van der Waals surface area contributed by atoms with Crippen LogP contribution in [-0.2, 0) is 25.5 Å². The van der Waals surface area contributed by atoms with Crippen LogP contribution in [0.25, 0.3) is 0 Å². The van der Waals surface area contributed by atoms with Crippen LogP contribution in [0, 0.1) is 0 Å². The van der Waals surface area contributed by atoms with Crippen molar-refractivity contribution in [2.24, 2.45) is 5.73 Å². The molecule has 0 aliphatic rings. The summed E-state index contributed by atoms with van der Waals surface area (Å²) in [6, 6.07) is 5.93. The Labute approximate surface area is 139 Å². The Balaban J connectivity index is 2.30. The Kier molecular flexibility index (Phi) is 5.17. The van der Waals surface area contributed by atoms with Gasteiger partial charge in [0, 0.05) is 12.1 Å². The maximum Gasteiger partial charge on any atom is 0.416 e. The molecule has 0 radical (unpaired) electrons. The van der Waals surface area contributed by atoms with Crippen molar-refractivity contribution in [2.45, 2.75) is 25.5 Å². The molecule has 2 aromatic carbocycles. The molecule has 0 saturated heterocycles. The van der Waals surface area contributed by atoms with Gasteiger partial charge in [-0.1, -0.05) is 12.1 Å². The molecule has 0 heterocycles. The third-order valence-corrected chi connectivity index (χ3v) is 3.44. The van der Waals surface area contributed by atoms with E-state index in [0.29, 0.717) is 11.6 Å². The average molecular weight is 364 g/mol. The van der Waals surface area contributed by atoms with E-state index in [1.54, 1.807) is 6.07 Å². The number of anilines is 1. The Hall–Kier alpha value is -2.42. The lowest BCUT2D eigenvalue weighted by molar-refractivity contribution is -0.143. The number of ether oxygens (including phenoxy) is 1. The Bertz CT molecular complexity index is 755. The summed E-state index contributed by atoms with van der Waals surface area (Å²) in [6.45, 7) is -0.360. The summed E-state index contributed by atoms with van der Waals surface area (Å²) in [4.78, 5) is 0. The number of benzene rings is 2. The quantitative estimate of drug-likeness (QED) is 0.627. The molecule has 4 N–H and O–H groups in total. The van der Waals surface area contributed by atoms with Crippen LogP contribution in [0.5, 0.6) is 5.75 Å². The zero-order valence-corrected chi connectivity index (χ0v) is 12.7. The first kappa shape index (κ1) is 18.9. The van der Waals surface area contributed by atoms with Gasteiger partial charge in [-0.3, -0.25) is 0 Å². The summed E-state index contributed by atoms with van der Waals surface area (Å²) in [6.07, 6.45) is -9.82. The van der Waals surface area contributed by atoms with Crippen LogP contribution in [0.4, 0.5) is 32.0 Å². The Morgan fingerprint density at radius 1 is 0.880 bits per heavy atom. The maximum absolute atomic E-state index is 13.1. The van der Waals surface area contributed by atoms with Gasteiger partial charge in [0.05, 0.1) is 16.8 Å². The van der Waals surface area contributed by atoms with Crippen molar-refractivity contribution in [3.63, 3.8) is 0 Å². The molecular weight excluding hydrogens is 350 g/mol. The van der Waals surface area contributed by atoms with Crippen LogP contribution in [0.15, 0.2) is 36.4 Å². The highest BCUT2D eigenvalue weighted by molar-refractivity contribution is 5.54. The number of hydrogen-bond acceptors (Lipinski definition) is 3. The van der Waals surface area contributed by atoms with Crippen molar-refractivity contribution in [1.82, 2.24) is 0 Å². The van der Waals surface area contributed by atoms with Crippen molar-refractivity contribution >= 4 is 5.69 Å². The summed E-state index contributed by atoms with van der Waals surface area (Å²) in [7, 11) is 0. The van der Waals surface area contributed by atoms with E-state index in [2.05, 4.69) is 0 Å². The monoisotopic (exact) mass is 364 g/mol. The Morgan fingerprint density at radius 3 is 2.08 bits per heavy atom. The second kappa shape index (κ2) is 6.83. The van der Waals surface area contributed by atoms with Gasteiger partial charge in [0.2, 0.25) is 0 Å². The van der Waals surface area contributed by atoms with Crippen LogP contribution in [-0.4, -0.2) is 0 Å². The molecule has 0 aliphatic carbocycles. The average Bonchev–Trinajstić information content (AvgIpc) is 2.51. The zero-order valence-electron chi connectivity index (χ0n) is 12.7. The van der Waals surface area contributed by atoms with Crippen LogP contribution in [0.1, 0.15) is 22.3 Å². The number of rotatable bonds is 4. The van der Waals surface area contributed by atoms with Crippen molar-refractivity contribution in [2.75, 3.05) is 5.73 Å². The van der Waals surface area contributed by atoms with Crippen LogP contribution < -0.4 is 16.2 Å². The highest BCUT2D eigenvalue weighted by atomic mass is 19.4. The first-order valence-corrected chi connectivity index (χ1v) is 7.01. The highest BCUT2D eigenvalue weighted by Gasteiger charge is 2.38. The predicted octanol–water partition coefficient (Wildman–Crippen LogP) is 4.34. The molecule has 3 nitrogen and oxygen atoms in total. The summed E-state index contributed by atoms with van der Waals surface area (Å²) in [5.41, 5.74) is 8.82. The molecule has 0 aliphatic heterocycles. The van der Waals surface area contributed by atoms with Gasteiger partial charge in [0.15, 0.2) is 0 Å². The molecule has 0 spiro atoms. The van der Waals surface area contributed by atoms with Crippen molar-refractivity contribution in [3.05, 3.63) is 58.7 Å². The number of nitrogen functional groups attached to an aromatic ring is 1. The Morgan fingerprint density at radius 2 is 1.56 bits per heavy atom. The molecule has 2 rings (SSSR count). The van der Waals surface area contributed by atoms with E-state index in [9.17, 15) is 26.3 Å². The number of nitrogens with two attached hydrogens (primary N) is 2. The van der Waals surface area contributed by atoms with Gasteiger partial charge in [-0.05, 0) is 29.8 Å². The van der Waals surface area contributed by atoms with E-state index in [0.717, 1.165) is 6.07 Å². The summed E-state index contributed by atoms with van der Waals surface area (Å²) in [5, 5.41) is 0. The summed E-state index contributed by atoms with van der Waals surface area (Å²) < 4.78 is 82.3. The van der Waals surface area contributed by atoms with Crippen LogP contribution in [0.2, 0.25) is 0 Å². The standard InChI is InChI=1S/C16H14F6N2O/c17-15(18,19)11-3-2-10(12(6-11)16(20,21)22)8-25-14-4-1-9(7-23)5-13(14)24/h1-6H,7-8,23-24H2. The normalized spacial score (nSPS) is 12.3. The molecule has 136 valence electrons. The van der Waals surface area contributed by atoms with E-state index in [1.807, 2.05) is 0 Å². The minimum atomic E-state index is -4.95. The molecule has 0 bridgehead atoms. The third-order valence-electron chi connectivity index (χ3n) is 3.44. The largest absolute Gasteiger partial charge is 0.487 e. The van der Waals surface area contributed by atoms with Crippen molar-refractivity contribution in [1.29, 1.82) is 0 Å². The lowest BCUT2D eigenvalue weighted by Crippen LogP contribution is -2.14. The maximum atomic E-state index is 13.1. The molecule has 0 amide bonds. The number of halogens is 6. The molecule has 0 fully saturated rings. The third kappa shape index (κ3) is 4.56. The van der Waals surface area contributed by atoms with Gasteiger partial charge in [0.1, 0.15) is 12.4 Å². The number of hydrogen-bond donors (Lipinski definition) is 2. The van der Waals surface area contributed by atoms with Crippen molar-refractivity contribution in [3.8, 4) is 5.75 Å². The second-order valence-corrected chi connectivity index (χ2v) is 5.23. The number of alkyl halides is 6. The molecule has 0 saturated carbocycles. The fraction of sp³-hybridized carbons (Fsp3) is 0.250. The van der Waals surface area contributed by atoms with Gasteiger partial charge >= 0.3 is 12.4 Å². The molecule has 25 heavy (non-hydrogen) atoms. The molecule has 9 heteroatoms. The van der Waals surface area contributed by atoms with Gasteiger partial charge in [0.25, 0.3) is 0 Å². The van der Waals surface area contributed by atoms with Crippen LogP contribution in [0.3, 0.4) is 0 Å². The van der Waals surface area contributed by atoms with Gasteiger partial charge < -0.3 is 16.2 Å². The highest BCUT2D eigenvalue weighted by Crippen LogP contribution is 2.37. The zero-order chi connectivity index (χ0) is 18.8. The smallest absolute Gasteiger partial charge is 0.416 e. The van der Waals surface area contributed by atoms with E-state index < -0.39 is 35.6 Å². The molecule has 0 aromatic heterocycles. The molecule has 0 unspecified atom stereocenters. The minimum Gasteiger partial charge on any atom is -0.487 e. The fourth-order valence-corrected chi connectivity index (χ4v) is 2.15. The molecule has 2 aromatic rings. The fourth-order valence-electron chi connectivity index (χ4n) is 2.15.